The fourth-order valence-corrected chi connectivity index (χ4v) is 6.86. The number of pyridine rings is 1. The number of hydrogen-bond acceptors (Lipinski definition) is 8. The third kappa shape index (κ3) is 5.21. The Labute approximate surface area is 222 Å². The fourth-order valence-electron chi connectivity index (χ4n) is 4.74. The van der Waals surface area contributed by atoms with E-state index in [1.807, 2.05) is 11.8 Å². The normalized spacial score (nSPS) is 16.0. The highest BCUT2D eigenvalue weighted by molar-refractivity contribution is 7.90. The maximum Gasteiger partial charge on any atom is 0.225 e. The minimum atomic E-state index is -3.07. The van der Waals surface area contributed by atoms with E-state index in [2.05, 4.69) is 25.1 Å². The summed E-state index contributed by atoms with van der Waals surface area (Å²) >= 11 is 12.5. The average Bonchev–Trinajstić information content (AvgIpc) is 3.19. The number of sulfone groups is 1. The Kier molecular flexibility index (Phi) is 6.49. The Balaban J connectivity index is 1.38. The first kappa shape index (κ1) is 25.6. The molecule has 1 atom stereocenters. The van der Waals surface area contributed by atoms with Gasteiger partial charge in [-0.25, -0.2) is 22.8 Å². The summed E-state index contributed by atoms with van der Waals surface area (Å²) in [5.74, 6) is 0.0595. The van der Waals surface area contributed by atoms with E-state index >= 15 is 0 Å². The standard InChI is InChI=1S/C24H23Cl2FN6O3S/c1-13(21-16(25)8-28-9-17(21)26)36-20-4-15-19(5-18(20)27)31-32-22(15)14-6-29-23(30-7-14)33-10-24(2,11-33)12-37(3,34)35/h4-9,13H,10-12H2,1-3H3,(H,31,32)/t13-/m1/s1. The van der Waals surface area contributed by atoms with E-state index in [1.54, 1.807) is 25.4 Å². The summed E-state index contributed by atoms with van der Waals surface area (Å²) in [7, 11) is -3.07. The van der Waals surface area contributed by atoms with Crippen LogP contribution in [0.2, 0.25) is 10.0 Å². The van der Waals surface area contributed by atoms with Gasteiger partial charge in [0.05, 0.1) is 21.3 Å². The molecule has 0 aliphatic carbocycles. The van der Waals surface area contributed by atoms with E-state index in [0.717, 1.165) is 0 Å². The summed E-state index contributed by atoms with van der Waals surface area (Å²) in [4.78, 5) is 14.7. The zero-order valence-electron chi connectivity index (χ0n) is 20.2. The van der Waals surface area contributed by atoms with Crippen LogP contribution in [0.5, 0.6) is 5.75 Å². The van der Waals surface area contributed by atoms with Crippen molar-refractivity contribution in [2.45, 2.75) is 20.0 Å². The molecule has 5 rings (SSSR count). The highest BCUT2D eigenvalue weighted by Gasteiger charge is 2.42. The van der Waals surface area contributed by atoms with Gasteiger partial charge in [0.15, 0.2) is 11.6 Å². The largest absolute Gasteiger partial charge is 0.483 e. The number of nitrogens with zero attached hydrogens (tertiary/aromatic N) is 5. The Morgan fingerprint density at radius 1 is 1.16 bits per heavy atom. The lowest BCUT2D eigenvalue weighted by Gasteiger charge is -2.47. The van der Waals surface area contributed by atoms with Crippen LogP contribution in [0, 0.1) is 11.2 Å². The van der Waals surface area contributed by atoms with Crippen LogP contribution in [0.3, 0.4) is 0 Å². The van der Waals surface area contributed by atoms with E-state index in [9.17, 15) is 12.8 Å². The van der Waals surface area contributed by atoms with Gasteiger partial charge >= 0.3 is 0 Å². The maximum atomic E-state index is 14.8. The first-order chi connectivity index (χ1) is 17.4. The number of rotatable bonds is 7. The third-order valence-corrected chi connectivity index (χ3v) is 7.99. The minimum Gasteiger partial charge on any atom is -0.483 e. The van der Waals surface area contributed by atoms with Crippen molar-refractivity contribution in [2.75, 3.05) is 30.0 Å². The second-order valence-corrected chi connectivity index (χ2v) is 12.6. The number of ether oxygens (including phenoxy) is 1. The number of nitrogens with one attached hydrogen (secondary N) is 1. The van der Waals surface area contributed by atoms with Crippen LogP contribution < -0.4 is 9.64 Å². The van der Waals surface area contributed by atoms with Crippen molar-refractivity contribution in [2.24, 2.45) is 5.41 Å². The molecule has 37 heavy (non-hydrogen) atoms. The van der Waals surface area contributed by atoms with Crippen LogP contribution in [-0.4, -0.2) is 58.7 Å². The molecule has 0 bridgehead atoms. The number of anilines is 1. The molecule has 13 heteroatoms. The molecule has 194 valence electrons. The van der Waals surface area contributed by atoms with Gasteiger partial charge in [0.2, 0.25) is 5.95 Å². The molecule has 0 saturated carbocycles. The van der Waals surface area contributed by atoms with Gasteiger partial charge in [-0.3, -0.25) is 10.1 Å². The lowest BCUT2D eigenvalue weighted by atomic mass is 9.84. The quantitative estimate of drug-likeness (QED) is 0.338. The average molecular weight is 565 g/mol. The van der Waals surface area contributed by atoms with Crippen molar-refractivity contribution in [3.63, 3.8) is 0 Å². The number of fused-ring (bicyclic) bond motifs is 1. The SMILES string of the molecule is C[C@@H](Oc1cc2c(-c3cnc(N4CC(C)(CS(C)(=O)=O)C4)nc3)n[nH]c2cc1F)c1c(Cl)cncc1Cl. The summed E-state index contributed by atoms with van der Waals surface area (Å²) in [5, 5.41) is 8.42. The molecular formula is C24H23Cl2FN6O3S. The summed E-state index contributed by atoms with van der Waals surface area (Å²) in [6.07, 6.45) is 6.77. The van der Waals surface area contributed by atoms with Gasteiger partial charge in [0.25, 0.3) is 0 Å². The van der Waals surface area contributed by atoms with Crippen LogP contribution in [0.4, 0.5) is 10.3 Å². The number of aromatic nitrogens is 5. The molecule has 1 aromatic carbocycles. The Morgan fingerprint density at radius 3 is 2.43 bits per heavy atom. The van der Waals surface area contributed by atoms with Gasteiger partial charge in [-0.1, -0.05) is 30.1 Å². The smallest absolute Gasteiger partial charge is 0.225 e. The Morgan fingerprint density at radius 2 is 1.81 bits per heavy atom. The molecule has 1 fully saturated rings. The topological polar surface area (TPSA) is 114 Å². The molecule has 4 aromatic rings. The zero-order valence-corrected chi connectivity index (χ0v) is 22.5. The predicted octanol–water partition coefficient (Wildman–Crippen LogP) is 4.87. The van der Waals surface area contributed by atoms with Crippen LogP contribution in [0.15, 0.2) is 36.9 Å². The molecule has 0 unspecified atom stereocenters. The van der Waals surface area contributed by atoms with E-state index in [4.69, 9.17) is 27.9 Å². The maximum absolute atomic E-state index is 14.8. The van der Waals surface area contributed by atoms with E-state index in [-0.39, 0.29) is 16.9 Å². The van der Waals surface area contributed by atoms with Crippen molar-refractivity contribution in [3.8, 4) is 17.0 Å². The summed E-state index contributed by atoms with van der Waals surface area (Å²) < 4.78 is 44.1. The van der Waals surface area contributed by atoms with Gasteiger partial charge in [-0.15, -0.1) is 0 Å². The minimum absolute atomic E-state index is 0.00914. The lowest BCUT2D eigenvalue weighted by molar-refractivity contribution is 0.217. The van der Waals surface area contributed by atoms with Crippen molar-refractivity contribution in [1.29, 1.82) is 0 Å². The number of hydrogen-bond donors (Lipinski definition) is 1. The molecule has 4 heterocycles. The molecule has 0 amide bonds. The number of benzene rings is 1. The molecule has 1 aliphatic rings. The molecule has 9 nitrogen and oxygen atoms in total. The molecule has 0 radical (unpaired) electrons. The molecule has 3 aromatic heterocycles. The van der Waals surface area contributed by atoms with E-state index < -0.39 is 21.8 Å². The van der Waals surface area contributed by atoms with E-state index in [0.29, 0.717) is 56.8 Å². The van der Waals surface area contributed by atoms with Crippen molar-refractivity contribution in [3.05, 3.63) is 58.3 Å². The first-order valence-electron chi connectivity index (χ1n) is 11.3. The highest BCUT2D eigenvalue weighted by Crippen LogP contribution is 2.37. The second-order valence-electron chi connectivity index (χ2n) is 9.69. The third-order valence-electron chi connectivity index (χ3n) is 6.17. The molecular weight excluding hydrogens is 542 g/mol. The van der Waals surface area contributed by atoms with Gasteiger partial charge < -0.3 is 9.64 Å². The lowest BCUT2D eigenvalue weighted by Crippen LogP contribution is -2.58. The number of halogens is 3. The monoisotopic (exact) mass is 564 g/mol. The first-order valence-corrected chi connectivity index (χ1v) is 14.1. The van der Waals surface area contributed by atoms with Crippen LogP contribution >= 0.6 is 23.2 Å². The van der Waals surface area contributed by atoms with Crippen LogP contribution in [0.25, 0.3) is 22.2 Å². The van der Waals surface area contributed by atoms with Crippen molar-refractivity contribution < 1.29 is 17.5 Å². The summed E-state index contributed by atoms with van der Waals surface area (Å²) in [6.45, 7) is 4.75. The van der Waals surface area contributed by atoms with Crippen LogP contribution in [0.1, 0.15) is 25.5 Å². The molecule has 1 saturated heterocycles. The van der Waals surface area contributed by atoms with Crippen molar-refractivity contribution >= 4 is 49.9 Å². The van der Waals surface area contributed by atoms with Gasteiger partial charge in [0.1, 0.15) is 21.6 Å². The zero-order chi connectivity index (χ0) is 26.5. The van der Waals surface area contributed by atoms with Gasteiger partial charge in [0, 0.05) is 72.1 Å². The van der Waals surface area contributed by atoms with Gasteiger partial charge in [-0.05, 0) is 13.0 Å². The Bertz CT molecular complexity index is 1570. The number of H-pyrrole nitrogens is 1. The summed E-state index contributed by atoms with van der Waals surface area (Å²) in [5.41, 5.74) is 1.82. The summed E-state index contributed by atoms with van der Waals surface area (Å²) in [6, 6.07) is 2.87. The van der Waals surface area contributed by atoms with E-state index in [1.165, 1.54) is 24.7 Å². The Hall–Kier alpha value is -3.02. The van der Waals surface area contributed by atoms with Gasteiger partial charge in [-0.2, -0.15) is 5.10 Å². The molecule has 1 aliphatic heterocycles. The fraction of sp³-hybridized carbons (Fsp3) is 0.333. The van der Waals surface area contributed by atoms with Crippen molar-refractivity contribution in [1.82, 2.24) is 25.1 Å². The second kappa shape index (κ2) is 9.38. The highest BCUT2D eigenvalue weighted by atomic mass is 35.5. The molecule has 1 N–H and O–H groups in total. The number of aromatic amines is 1. The predicted molar refractivity (Wildman–Crippen MR) is 140 cm³/mol. The van der Waals surface area contributed by atoms with Crippen LogP contribution in [-0.2, 0) is 9.84 Å². The molecule has 0 spiro atoms.